The van der Waals surface area contributed by atoms with Crippen molar-refractivity contribution in [2.45, 2.75) is 12.8 Å². The van der Waals surface area contributed by atoms with E-state index in [1.54, 1.807) is 12.3 Å². The van der Waals surface area contributed by atoms with Crippen LogP contribution in [0.1, 0.15) is 32.8 Å². The molecule has 5 heteroatoms. The summed E-state index contributed by atoms with van der Waals surface area (Å²) in [6.07, 6.45) is 2.82. The van der Waals surface area contributed by atoms with E-state index >= 15 is 0 Å². The van der Waals surface area contributed by atoms with Gasteiger partial charge < -0.3 is 15.2 Å². The number of hydrogen-bond acceptors (Lipinski definition) is 3. The van der Waals surface area contributed by atoms with Crippen LogP contribution in [0.2, 0.25) is 0 Å². The SMILES string of the molecule is CN(C)CCCNC(=O)c1cc(C(=O)Cc2ccccc2)c[nH]1. The van der Waals surface area contributed by atoms with E-state index in [0.29, 0.717) is 24.2 Å². The average Bonchev–Trinajstić information content (AvgIpc) is 3.02. The van der Waals surface area contributed by atoms with E-state index in [4.69, 9.17) is 0 Å². The number of nitrogens with zero attached hydrogens (tertiary/aromatic N) is 1. The van der Waals surface area contributed by atoms with Crippen molar-refractivity contribution < 1.29 is 9.59 Å². The Balaban J connectivity index is 1.87. The van der Waals surface area contributed by atoms with E-state index in [1.165, 1.54) is 0 Å². The van der Waals surface area contributed by atoms with Crippen molar-refractivity contribution in [1.29, 1.82) is 0 Å². The maximum atomic E-state index is 12.2. The van der Waals surface area contributed by atoms with Crippen LogP contribution in [-0.2, 0) is 6.42 Å². The van der Waals surface area contributed by atoms with Gasteiger partial charge in [-0.2, -0.15) is 0 Å². The van der Waals surface area contributed by atoms with Crippen molar-refractivity contribution in [2.75, 3.05) is 27.2 Å². The average molecular weight is 313 g/mol. The molecule has 0 aliphatic rings. The summed E-state index contributed by atoms with van der Waals surface area (Å²) in [5, 5.41) is 2.85. The van der Waals surface area contributed by atoms with Gasteiger partial charge in [0.05, 0.1) is 0 Å². The minimum Gasteiger partial charge on any atom is -0.356 e. The fourth-order valence-electron chi connectivity index (χ4n) is 2.26. The molecule has 1 aromatic carbocycles. The van der Waals surface area contributed by atoms with Crippen LogP contribution in [0.5, 0.6) is 0 Å². The highest BCUT2D eigenvalue weighted by Crippen LogP contribution is 2.09. The number of carbonyl (C=O) groups excluding carboxylic acids is 2. The highest BCUT2D eigenvalue weighted by molar-refractivity contribution is 6.01. The molecule has 0 bridgehead atoms. The molecule has 0 aliphatic carbocycles. The third kappa shape index (κ3) is 5.38. The molecule has 0 atom stereocenters. The zero-order valence-corrected chi connectivity index (χ0v) is 13.6. The Hall–Kier alpha value is -2.40. The first kappa shape index (κ1) is 17.0. The zero-order valence-electron chi connectivity index (χ0n) is 13.6. The van der Waals surface area contributed by atoms with Gasteiger partial charge >= 0.3 is 0 Å². The third-order valence-electron chi connectivity index (χ3n) is 3.52. The Morgan fingerprint density at radius 3 is 2.61 bits per heavy atom. The summed E-state index contributed by atoms with van der Waals surface area (Å²) >= 11 is 0. The van der Waals surface area contributed by atoms with Crippen molar-refractivity contribution in [2.24, 2.45) is 0 Å². The van der Waals surface area contributed by atoms with Gasteiger partial charge in [-0.15, -0.1) is 0 Å². The first-order valence-corrected chi connectivity index (χ1v) is 7.74. The molecule has 1 amide bonds. The summed E-state index contributed by atoms with van der Waals surface area (Å²) < 4.78 is 0. The summed E-state index contributed by atoms with van der Waals surface area (Å²) in [6.45, 7) is 1.54. The van der Waals surface area contributed by atoms with Gasteiger partial charge in [0.15, 0.2) is 5.78 Å². The van der Waals surface area contributed by atoms with Gasteiger partial charge in [0.25, 0.3) is 5.91 Å². The third-order valence-corrected chi connectivity index (χ3v) is 3.52. The zero-order chi connectivity index (χ0) is 16.7. The number of H-pyrrole nitrogens is 1. The number of Topliss-reactive ketones (excluding diaryl/α,β-unsaturated/α-hetero) is 1. The summed E-state index contributed by atoms with van der Waals surface area (Å²) in [7, 11) is 3.99. The van der Waals surface area contributed by atoms with Crippen LogP contribution in [0.4, 0.5) is 0 Å². The van der Waals surface area contributed by atoms with Crippen LogP contribution < -0.4 is 5.32 Å². The maximum Gasteiger partial charge on any atom is 0.267 e. The second kappa shape index (κ2) is 8.29. The number of nitrogens with one attached hydrogen (secondary N) is 2. The number of benzene rings is 1. The molecule has 0 radical (unpaired) electrons. The molecule has 2 N–H and O–H groups in total. The van der Waals surface area contributed by atoms with Gasteiger partial charge in [0, 0.05) is 24.7 Å². The van der Waals surface area contributed by atoms with E-state index in [2.05, 4.69) is 15.2 Å². The van der Waals surface area contributed by atoms with Gasteiger partial charge in [0.1, 0.15) is 5.69 Å². The van der Waals surface area contributed by atoms with E-state index in [0.717, 1.165) is 18.5 Å². The molecule has 2 aromatic rings. The van der Waals surface area contributed by atoms with Gasteiger partial charge in [-0.05, 0) is 38.7 Å². The van der Waals surface area contributed by atoms with Crippen LogP contribution in [0.3, 0.4) is 0 Å². The molecular weight excluding hydrogens is 290 g/mol. The fourth-order valence-corrected chi connectivity index (χ4v) is 2.26. The number of amides is 1. The number of rotatable bonds is 8. The predicted molar refractivity (Wildman–Crippen MR) is 90.8 cm³/mol. The lowest BCUT2D eigenvalue weighted by Crippen LogP contribution is -2.27. The van der Waals surface area contributed by atoms with Crippen molar-refractivity contribution in [3.05, 3.63) is 59.4 Å². The first-order valence-electron chi connectivity index (χ1n) is 7.74. The van der Waals surface area contributed by atoms with Gasteiger partial charge in [-0.3, -0.25) is 9.59 Å². The molecule has 5 nitrogen and oxygen atoms in total. The number of aromatic amines is 1. The lowest BCUT2D eigenvalue weighted by Gasteiger charge is -2.09. The second-order valence-electron chi connectivity index (χ2n) is 5.80. The molecule has 0 spiro atoms. The molecule has 23 heavy (non-hydrogen) atoms. The Kier molecular flexibility index (Phi) is 6.11. The standard InChI is InChI=1S/C18H23N3O2/c1-21(2)10-6-9-19-18(23)16-12-15(13-20-16)17(22)11-14-7-4-3-5-8-14/h3-5,7-8,12-13,20H,6,9-11H2,1-2H3,(H,19,23). The molecule has 1 heterocycles. The van der Waals surface area contributed by atoms with Crippen molar-refractivity contribution in [3.8, 4) is 0 Å². The van der Waals surface area contributed by atoms with E-state index in [9.17, 15) is 9.59 Å². The molecule has 0 fully saturated rings. The summed E-state index contributed by atoms with van der Waals surface area (Å²) in [5.41, 5.74) is 1.92. The monoisotopic (exact) mass is 313 g/mol. The van der Waals surface area contributed by atoms with Crippen molar-refractivity contribution in [1.82, 2.24) is 15.2 Å². The van der Waals surface area contributed by atoms with Crippen LogP contribution in [0.15, 0.2) is 42.6 Å². The minimum atomic E-state index is -0.178. The smallest absolute Gasteiger partial charge is 0.267 e. The number of aromatic nitrogens is 1. The predicted octanol–water partition coefficient (Wildman–Crippen LogP) is 2.12. The van der Waals surface area contributed by atoms with E-state index < -0.39 is 0 Å². The summed E-state index contributed by atoms with van der Waals surface area (Å²) in [4.78, 5) is 29.2. The fraction of sp³-hybridized carbons (Fsp3) is 0.333. The molecule has 0 saturated carbocycles. The molecule has 2 rings (SSSR count). The Bertz CT molecular complexity index is 647. The normalized spacial score (nSPS) is 10.7. The van der Waals surface area contributed by atoms with Crippen LogP contribution >= 0.6 is 0 Å². The lowest BCUT2D eigenvalue weighted by molar-refractivity contribution is 0.0947. The number of ketones is 1. The number of hydrogen-bond donors (Lipinski definition) is 2. The Morgan fingerprint density at radius 1 is 1.17 bits per heavy atom. The topological polar surface area (TPSA) is 65.2 Å². The number of carbonyl (C=O) groups is 2. The lowest BCUT2D eigenvalue weighted by atomic mass is 10.1. The van der Waals surface area contributed by atoms with Crippen molar-refractivity contribution in [3.63, 3.8) is 0 Å². The quantitative estimate of drug-likeness (QED) is 0.579. The van der Waals surface area contributed by atoms with Crippen LogP contribution in [-0.4, -0.2) is 48.8 Å². The minimum absolute atomic E-state index is 0.000826. The van der Waals surface area contributed by atoms with E-state index in [-0.39, 0.29) is 11.7 Å². The van der Waals surface area contributed by atoms with Crippen LogP contribution in [0.25, 0.3) is 0 Å². The van der Waals surface area contributed by atoms with Gasteiger partial charge in [0.2, 0.25) is 0 Å². The molecule has 122 valence electrons. The van der Waals surface area contributed by atoms with Crippen LogP contribution in [0, 0.1) is 0 Å². The van der Waals surface area contributed by atoms with Gasteiger partial charge in [-0.25, -0.2) is 0 Å². The highest BCUT2D eigenvalue weighted by Gasteiger charge is 2.13. The maximum absolute atomic E-state index is 12.2. The van der Waals surface area contributed by atoms with Gasteiger partial charge in [-0.1, -0.05) is 30.3 Å². The second-order valence-corrected chi connectivity index (χ2v) is 5.80. The molecule has 0 aliphatic heterocycles. The van der Waals surface area contributed by atoms with Crippen molar-refractivity contribution >= 4 is 11.7 Å². The summed E-state index contributed by atoms with van der Waals surface area (Å²) in [5.74, 6) is -0.179. The molecule has 1 aromatic heterocycles. The first-order chi connectivity index (χ1) is 11.1. The van der Waals surface area contributed by atoms with E-state index in [1.807, 2.05) is 44.4 Å². The largest absolute Gasteiger partial charge is 0.356 e. The summed E-state index contributed by atoms with van der Waals surface area (Å²) in [6, 6.07) is 11.2. The Morgan fingerprint density at radius 2 is 1.91 bits per heavy atom. The molecular formula is C18H23N3O2. The molecule has 0 unspecified atom stereocenters. The Labute approximate surface area is 136 Å². The molecule has 0 saturated heterocycles. The highest BCUT2D eigenvalue weighted by atomic mass is 16.2.